The van der Waals surface area contributed by atoms with Crippen LogP contribution in [0.4, 0.5) is 9.59 Å². The normalized spacial score (nSPS) is 21.9. The molecule has 3 aliphatic heterocycles. The average Bonchev–Trinajstić information content (AvgIpc) is 2.99. The maximum absolute atomic E-state index is 13.5. The van der Waals surface area contributed by atoms with Crippen molar-refractivity contribution in [3.05, 3.63) is 71.3 Å². The van der Waals surface area contributed by atoms with E-state index in [9.17, 15) is 14.4 Å². The molecular formula is C34H46N4O5. The van der Waals surface area contributed by atoms with Crippen molar-refractivity contribution in [3.8, 4) is 0 Å². The number of nitrogens with one attached hydrogen (secondary N) is 2. The molecule has 0 radical (unpaired) electrons. The van der Waals surface area contributed by atoms with Crippen LogP contribution < -0.4 is 10.6 Å². The third-order valence-electron chi connectivity index (χ3n) is 8.66. The Morgan fingerprint density at radius 2 is 1.72 bits per heavy atom. The lowest BCUT2D eigenvalue weighted by Crippen LogP contribution is -2.62. The predicted octanol–water partition coefficient (Wildman–Crippen LogP) is 4.70. The maximum atomic E-state index is 13.5. The van der Waals surface area contributed by atoms with E-state index in [-0.39, 0.29) is 42.7 Å². The molecule has 232 valence electrons. The van der Waals surface area contributed by atoms with E-state index >= 15 is 0 Å². The van der Waals surface area contributed by atoms with Crippen LogP contribution in [-0.2, 0) is 20.7 Å². The molecule has 2 N–H and O–H groups in total. The second kappa shape index (κ2) is 13.8. The van der Waals surface area contributed by atoms with Crippen LogP contribution in [-0.4, -0.2) is 84.9 Å². The predicted molar refractivity (Wildman–Crippen MR) is 165 cm³/mol. The smallest absolute Gasteiger partial charge is 0.407 e. The van der Waals surface area contributed by atoms with Crippen LogP contribution in [0.3, 0.4) is 0 Å². The van der Waals surface area contributed by atoms with Gasteiger partial charge in [0.1, 0.15) is 12.2 Å². The van der Waals surface area contributed by atoms with Gasteiger partial charge in [-0.3, -0.25) is 4.79 Å². The lowest BCUT2D eigenvalue weighted by Gasteiger charge is -2.44. The number of urea groups is 1. The molecule has 3 aliphatic rings. The lowest BCUT2D eigenvalue weighted by atomic mass is 9.75. The first-order valence-electron chi connectivity index (χ1n) is 15.7. The number of morpholine rings is 1. The van der Waals surface area contributed by atoms with Gasteiger partial charge in [0.2, 0.25) is 5.91 Å². The molecular weight excluding hydrogens is 544 g/mol. The number of aryl methyl sites for hydroxylation is 1. The lowest BCUT2D eigenvalue weighted by molar-refractivity contribution is -0.139. The van der Waals surface area contributed by atoms with Gasteiger partial charge in [-0.05, 0) is 75.5 Å². The summed E-state index contributed by atoms with van der Waals surface area (Å²) < 4.78 is 11.0. The number of likely N-dealkylation sites (tertiary alicyclic amines) is 2. The van der Waals surface area contributed by atoms with E-state index < -0.39 is 5.60 Å². The maximum Gasteiger partial charge on any atom is 0.407 e. The Labute approximate surface area is 255 Å². The second-order valence-corrected chi connectivity index (χ2v) is 13.0. The number of carbonyl (C=O) groups is 3. The van der Waals surface area contributed by atoms with Crippen molar-refractivity contribution in [2.75, 3.05) is 39.3 Å². The van der Waals surface area contributed by atoms with Crippen molar-refractivity contribution < 1.29 is 23.9 Å². The van der Waals surface area contributed by atoms with Crippen molar-refractivity contribution in [3.63, 3.8) is 0 Å². The standard InChI is InChI=1S/C34H46N4O5/c1-34(2,3)43-32(40)35-17-8-10-24-9-7-13-27(21-24)31(25-11-5-4-6-12-25)26-14-18-37(19-15-26)33(41)38-20-16-29-28(22-38)36-30(39)23-42-29/h4-7,9,11-13,21,26,28-29,31H,8,10,14-20,22-23H2,1-3H3,(H,35,40)(H,36,39)/t28-,29+,31?/m1/s1. The van der Waals surface area contributed by atoms with E-state index in [0.29, 0.717) is 25.6 Å². The third-order valence-corrected chi connectivity index (χ3v) is 8.66. The molecule has 3 heterocycles. The molecule has 4 amide bonds. The molecule has 2 aromatic carbocycles. The van der Waals surface area contributed by atoms with E-state index in [2.05, 4.69) is 65.2 Å². The van der Waals surface area contributed by atoms with E-state index in [1.54, 1.807) is 0 Å². The fourth-order valence-electron chi connectivity index (χ4n) is 6.63. The fourth-order valence-corrected chi connectivity index (χ4v) is 6.63. The van der Waals surface area contributed by atoms with Gasteiger partial charge in [0.15, 0.2) is 0 Å². The van der Waals surface area contributed by atoms with Crippen LogP contribution in [0, 0.1) is 5.92 Å². The molecule has 3 atom stereocenters. The summed E-state index contributed by atoms with van der Waals surface area (Å²) in [5.74, 6) is 0.542. The number of benzene rings is 2. The van der Waals surface area contributed by atoms with Gasteiger partial charge in [-0.1, -0.05) is 54.6 Å². The molecule has 0 aromatic heterocycles. The molecule has 0 spiro atoms. The van der Waals surface area contributed by atoms with Gasteiger partial charge in [0, 0.05) is 38.6 Å². The van der Waals surface area contributed by atoms with E-state index in [1.165, 1.54) is 16.7 Å². The molecule has 9 heteroatoms. The number of hydrogen-bond acceptors (Lipinski definition) is 5. The van der Waals surface area contributed by atoms with Crippen molar-refractivity contribution >= 4 is 18.0 Å². The minimum absolute atomic E-state index is 0.00359. The first-order valence-corrected chi connectivity index (χ1v) is 15.7. The molecule has 43 heavy (non-hydrogen) atoms. The summed E-state index contributed by atoms with van der Waals surface area (Å²) in [6, 6.07) is 19.5. The number of hydrogen-bond donors (Lipinski definition) is 2. The Balaban J connectivity index is 1.19. The zero-order valence-corrected chi connectivity index (χ0v) is 25.7. The van der Waals surface area contributed by atoms with Crippen molar-refractivity contribution in [2.45, 2.75) is 76.5 Å². The largest absolute Gasteiger partial charge is 0.444 e. The number of alkyl carbamates (subject to hydrolysis) is 1. The average molecular weight is 591 g/mol. The molecule has 2 aromatic rings. The van der Waals surface area contributed by atoms with Crippen molar-refractivity contribution in [1.82, 2.24) is 20.4 Å². The Kier molecular flexibility index (Phi) is 9.90. The highest BCUT2D eigenvalue weighted by Crippen LogP contribution is 2.38. The molecule has 9 nitrogen and oxygen atoms in total. The van der Waals surface area contributed by atoms with E-state index in [1.807, 2.05) is 30.6 Å². The number of ether oxygens (including phenoxy) is 2. The first kappa shape index (κ1) is 30.9. The fraction of sp³-hybridized carbons (Fsp3) is 0.559. The summed E-state index contributed by atoms with van der Waals surface area (Å²) in [6.07, 6.45) is 3.90. The van der Waals surface area contributed by atoms with Gasteiger partial charge in [-0.15, -0.1) is 0 Å². The zero-order valence-electron chi connectivity index (χ0n) is 25.7. The van der Waals surface area contributed by atoms with Gasteiger partial charge >= 0.3 is 12.1 Å². The molecule has 0 saturated carbocycles. The molecule has 3 saturated heterocycles. The second-order valence-electron chi connectivity index (χ2n) is 13.0. The molecule has 0 bridgehead atoms. The van der Waals surface area contributed by atoms with Gasteiger partial charge < -0.3 is 29.9 Å². The summed E-state index contributed by atoms with van der Waals surface area (Å²) >= 11 is 0. The monoisotopic (exact) mass is 590 g/mol. The summed E-state index contributed by atoms with van der Waals surface area (Å²) in [7, 11) is 0. The third kappa shape index (κ3) is 8.28. The van der Waals surface area contributed by atoms with Gasteiger partial charge in [-0.25, -0.2) is 9.59 Å². The molecule has 3 fully saturated rings. The highest BCUT2D eigenvalue weighted by Gasteiger charge is 2.38. The van der Waals surface area contributed by atoms with Crippen LogP contribution in [0.1, 0.15) is 69.1 Å². The summed E-state index contributed by atoms with van der Waals surface area (Å²) in [5.41, 5.74) is 3.34. The quantitative estimate of drug-likeness (QED) is 0.456. The number of piperidine rings is 2. The summed E-state index contributed by atoms with van der Waals surface area (Å²) in [4.78, 5) is 41.1. The van der Waals surface area contributed by atoms with Crippen LogP contribution in [0.2, 0.25) is 0 Å². The molecule has 1 unspecified atom stereocenters. The van der Waals surface area contributed by atoms with Gasteiger partial charge in [0.25, 0.3) is 0 Å². The number of fused-ring (bicyclic) bond motifs is 1. The Hall–Kier alpha value is -3.59. The van der Waals surface area contributed by atoms with E-state index in [0.717, 1.165) is 45.2 Å². The number of nitrogens with zero attached hydrogens (tertiary/aromatic N) is 2. The van der Waals surface area contributed by atoms with Crippen molar-refractivity contribution in [1.29, 1.82) is 0 Å². The highest BCUT2D eigenvalue weighted by molar-refractivity contribution is 5.79. The number of rotatable bonds is 7. The van der Waals surface area contributed by atoms with Crippen LogP contribution in [0.25, 0.3) is 0 Å². The van der Waals surface area contributed by atoms with Crippen molar-refractivity contribution in [2.24, 2.45) is 5.92 Å². The van der Waals surface area contributed by atoms with Crippen LogP contribution >= 0.6 is 0 Å². The minimum Gasteiger partial charge on any atom is -0.444 e. The van der Waals surface area contributed by atoms with Crippen LogP contribution in [0.15, 0.2) is 54.6 Å². The topological polar surface area (TPSA) is 100 Å². The number of amides is 4. The summed E-state index contributed by atoms with van der Waals surface area (Å²) in [6.45, 7) is 8.85. The first-order chi connectivity index (χ1) is 20.7. The van der Waals surface area contributed by atoms with Gasteiger partial charge in [-0.2, -0.15) is 0 Å². The minimum atomic E-state index is -0.505. The van der Waals surface area contributed by atoms with Crippen LogP contribution in [0.5, 0.6) is 0 Å². The molecule has 5 rings (SSSR count). The number of carbonyl (C=O) groups excluding carboxylic acids is 3. The SMILES string of the molecule is CC(C)(C)OC(=O)NCCCc1cccc(C(c2ccccc2)C2CCN(C(=O)N3CC[C@@H]4OCC(=O)N[C@@H]4C3)CC2)c1. The highest BCUT2D eigenvalue weighted by atomic mass is 16.6. The Morgan fingerprint density at radius 1 is 1.00 bits per heavy atom. The Bertz CT molecular complexity index is 1250. The molecule has 0 aliphatic carbocycles. The Morgan fingerprint density at radius 3 is 2.47 bits per heavy atom. The van der Waals surface area contributed by atoms with Gasteiger partial charge in [0.05, 0.1) is 12.1 Å². The zero-order chi connectivity index (χ0) is 30.4. The summed E-state index contributed by atoms with van der Waals surface area (Å²) in [5, 5.41) is 5.85. The van der Waals surface area contributed by atoms with E-state index in [4.69, 9.17) is 9.47 Å².